The van der Waals surface area contributed by atoms with Gasteiger partial charge in [-0.15, -0.1) is 0 Å². The lowest BCUT2D eigenvalue weighted by Gasteiger charge is -2.26. The van der Waals surface area contributed by atoms with Gasteiger partial charge >= 0.3 is 0 Å². The summed E-state index contributed by atoms with van der Waals surface area (Å²) in [6.45, 7) is 0.674. The van der Waals surface area contributed by atoms with Crippen LogP contribution in [0.5, 0.6) is 0 Å². The number of nitrogen functional groups attached to an aromatic ring is 1. The zero-order chi connectivity index (χ0) is 17.0. The highest BCUT2D eigenvalue weighted by atomic mass is 19.1. The van der Waals surface area contributed by atoms with Crippen LogP contribution in [0.4, 0.5) is 10.2 Å². The van der Waals surface area contributed by atoms with Crippen molar-refractivity contribution in [3.05, 3.63) is 23.9 Å². The number of aromatic nitrogens is 3. The number of ether oxygens (including phenoxy) is 1. The van der Waals surface area contributed by atoms with Crippen molar-refractivity contribution in [3.63, 3.8) is 0 Å². The number of nitriles is 1. The molecule has 4 atom stereocenters. The molecule has 2 aromatic rings. The van der Waals surface area contributed by atoms with Crippen molar-refractivity contribution >= 4 is 11.3 Å². The fraction of sp³-hybridized carbons (Fsp3) is 0.462. The minimum absolute atomic E-state index is 0.158. The number of anilines is 1. The average molecular weight is 323 g/mol. The van der Waals surface area contributed by atoms with Crippen molar-refractivity contribution < 1.29 is 24.4 Å². The minimum atomic E-state index is -2.13. The molecular weight excluding hydrogens is 309 g/mol. The van der Waals surface area contributed by atoms with E-state index in [1.54, 1.807) is 6.07 Å². The molecule has 1 aliphatic rings. The highest BCUT2D eigenvalue weighted by Gasteiger charge is 2.62. The summed E-state index contributed by atoms with van der Waals surface area (Å²) in [5, 5.41) is 43.3. The maximum atomic E-state index is 14.2. The maximum Gasteiger partial charge on any atom is 0.225 e. The Balaban J connectivity index is 2.29. The lowest BCUT2D eigenvalue weighted by molar-refractivity contribution is -0.124. The number of fused-ring (bicyclic) bond motifs is 1. The number of nitrogens with two attached hydrogens (primary N) is 1. The zero-order valence-corrected chi connectivity index (χ0v) is 12.0. The molecule has 3 heterocycles. The molecule has 0 aromatic carbocycles. The third kappa shape index (κ3) is 1.85. The second-order valence-electron chi connectivity index (χ2n) is 5.59. The Hall–Kier alpha value is -2.32. The number of nitrogens with zero attached hydrogens (tertiary/aromatic N) is 4. The predicted octanol–water partition coefficient (Wildman–Crippen LogP) is -1.33. The first-order valence-electron chi connectivity index (χ1n) is 6.67. The molecule has 10 heteroatoms. The second-order valence-corrected chi connectivity index (χ2v) is 5.59. The van der Waals surface area contributed by atoms with Gasteiger partial charge in [-0.1, -0.05) is 0 Å². The number of hydrogen-bond acceptors (Lipinski definition) is 8. The number of hydrogen-bond donors (Lipinski definition) is 4. The molecule has 0 spiro atoms. The molecule has 9 nitrogen and oxygen atoms in total. The topological polar surface area (TPSA) is 150 Å². The summed E-state index contributed by atoms with van der Waals surface area (Å²) in [4.78, 5) is 3.67. The summed E-state index contributed by atoms with van der Waals surface area (Å²) in [5.41, 5.74) is 1.53. The molecule has 0 radical (unpaired) electrons. The van der Waals surface area contributed by atoms with Crippen LogP contribution < -0.4 is 5.73 Å². The van der Waals surface area contributed by atoms with Gasteiger partial charge < -0.3 is 25.8 Å². The van der Waals surface area contributed by atoms with Crippen LogP contribution in [-0.2, 0) is 10.3 Å². The van der Waals surface area contributed by atoms with E-state index >= 15 is 0 Å². The van der Waals surface area contributed by atoms with E-state index in [9.17, 15) is 25.0 Å². The fourth-order valence-corrected chi connectivity index (χ4v) is 2.81. The van der Waals surface area contributed by atoms with E-state index in [1.165, 1.54) is 6.92 Å². The Morgan fingerprint density at radius 2 is 2.22 bits per heavy atom. The van der Waals surface area contributed by atoms with Gasteiger partial charge in [0.15, 0.2) is 11.6 Å². The molecule has 5 N–H and O–H groups in total. The number of aliphatic hydroxyl groups is 3. The first-order valence-corrected chi connectivity index (χ1v) is 6.67. The number of rotatable bonds is 2. The molecule has 122 valence electrons. The molecule has 0 unspecified atom stereocenters. The summed E-state index contributed by atoms with van der Waals surface area (Å²) in [6, 6.07) is 2.69. The Morgan fingerprint density at radius 1 is 1.52 bits per heavy atom. The van der Waals surface area contributed by atoms with Crippen LogP contribution >= 0.6 is 0 Å². The quantitative estimate of drug-likeness (QED) is 0.531. The molecule has 1 fully saturated rings. The van der Waals surface area contributed by atoms with Gasteiger partial charge in [0.25, 0.3) is 0 Å². The van der Waals surface area contributed by atoms with Crippen molar-refractivity contribution in [2.75, 3.05) is 12.3 Å². The van der Waals surface area contributed by atoms with Gasteiger partial charge in [-0.2, -0.15) is 10.4 Å². The van der Waals surface area contributed by atoms with E-state index in [1.807, 2.05) is 0 Å². The lowest BCUT2D eigenvalue weighted by atomic mass is 9.90. The summed E-state index contributed by atoms with van der Waals surface area (Å²) >= 11 is 0. The van der Waals surface area contributed by atoms with Gasteiger partial charge in [0.2, 0.25) is 5.60 Å². The largest absolute Gasteiger partial charge is 0.393 e. The molecule has 3 rings (SSSR count). The summed E-state index contributed by atoms with van der Waals surface area (Å²) in [5.74, 6) is -0.967. The van der Waals surface area contributed by atoms with Gasteiger partial charge in [-0.05, 0) is 6.92 Å². The van der Waals surface area contributed by atoms with Crippen molar-refractivity contribution in [1.82, 2.24) is 14.6 Å². The van der Waals surface area contributed by atoms with E-state index in [0.717, 1.165) is 16.9 Å². The van der Waals surface area contributed by atoms with E-state index in [-0.39, 0.29) is 17.0 Å². The first-order chi connectivity index (χ1) is 10.8. The van der Waals surface area contributed by atoms with Crippen LogP contribution in [0.2, 0.25) is 0 Å². The average Bonchev–Trinajstić information content (AvgIpc) is 2.98. The van der Waals surface area contributed by atoms with Crippen molar-refractivity contribution in [3.8, 4) is 6.07 Å². The van der Waals surface area contributed by atoms with Crippen LogP contribution in [0.3, 0.4) is 0 Å². The first kappa shape index (κ1) is 15.6. The van der Waals surface area contributed by atoms with Crippen molar-refractivity contribution in [2.45, 2.75) is 30.3 Å². The highest BCUT2D eigenvalue weighted by molar-refractivity contribution is 5.67. The molecule has 0 saturated carbocycles. The van der Waals surface area contributed by atoms with Crippen LogP contribution in [0, 0.1) is 17.1 Å². The third-order valence-corrected chi connectivity index (χ3v) is 4.13. The highest BCUT2D eigenvalue weighted by Crippen LogP contribution is 2.45. The van der Waals surface area contributed by atoms with Crippen LogP contribution in [0.1, 0.15) is 12.6 Å². The van der Waals surface area contributed by atoms with Crippen molar-refractivity contribution in [2.24, 2.45) is 0 Å². The summed E-state index contributed by atoms with van der Waals surface area (Å²) in [7, 11) is 0. The Kier molecular flexibility index (Phi) is 3.27. The number of halogens is 1. The zero-order valence-electron chi connectivity index (χ0n) is 12.0. The van der Waals surface area contributed by atoms with Crippen molar-refractivity contribution in [1.29, 1.82) is 5.26 Å². The van der Waals surface area contributed by atoms with E-state index in [4.69, 9.17) is 10.5 Å². The van der Waals surface area contributed by atoms with Crippen LogP contribution in [0.25, 0.3) is 5.52 Å². The van der Waals surface area contributed by atoms with Gasteiger partial charge in [0, 0.05) is 6.07 Å². The summed E-state index contributed by atoms with van der Waals surface area (Å²) in [6.07, 6.45) is -2.25. The van der Waals surface area contributed by atoms with E-state index in [0.29, 0.717) is 0 Å². The van der Waals surface area contributed by atoms with E-state index < -0.39 is 35.8 Å². The SMILES string of the molecule is C[C@]1(CO)O[C@@](C#N)(c2cc(F)c3c(N)ncnn23)[C@H](O)[C@@H]1O. The van der Waals surface area contributed by atoms with Gasteiger partial charge in [-0.3, -0.25) is 0 Å². The molecule has 0 aliphatic carbocycles. The van der Waals surface area contributed by atoms with Crippen LogP contribution in [0.15, 0.2) is 12.4 Å². The van der Waals surface area contributed by atoms with Gasteiger partial charge in [-0.25, -0.2) is 13.9 Å². The lowest BCUT2D eigenvalue weighted by Crippen LogP contribution is -2.44. The molecule has 0 amide bonds. The third-order valence-electron chi connectivity index (χ3n) is 4.13. The Bertz CT molecular complexity index is 821. The van der Waals surface area contributed by atoms with E-state index in [2.05, 4.69) is 10.1 Å². The predicted molar refractivity (Wildman–Crippen MR) is 73.2 cm³/mol. The standard InChI is InChI=1S/C13H14FN5O4/c1-12(4-20)9(21)10(22)13(3-15,23-12)7-2-6(14)8-11(16)17-5-18-19(7)8/h2,5,9-10,20-22H,4H2,1H3,(H2,16,17,18)/t9-,10+,12+,13-/m0/s1. The molecule has 2 aromatic heterocycles. The van der Waals surface area contributed by atoms with Gasteiger partial charge in [0.1, 0.15) is 35.7 Å². The van der Waals surface area contributed by atoms with Gasteiger partial charge in [0.05, 0.1) is 12.3 Å². The molecule has 1 saturated heterocycles. The molecule has 23 heavy (non-hydrogen) atoms. The second kappa shape index (κ2) is 4.84. The fourth-order valence-electron chi connectivity index (χ4n) is 2.81. The normalized spacial score (nSPS) is 33.9. The molecule has 1 aliphatic heterocycles. The monoisotopic (exact) mass is 323 g/mol. The summed E-state index contributed by atoms with van der Waals surface area (Å²) < 4.78 is 20.7. The smallest absolute Gasteiger partial charge is 0.225 e. The Labute approximate surface area is 129 Å². The maximum absolute atomic E-state index is 14.2. The molecule has 0 bridgehead atoms. The minimum Gasteiger partial charge on any atom is -0.393 e. The van der Waals surface area contributed by atoms with Crippen LogP contribution in [-0.4, -0.2) is 54.3 Å². The molecular formula is C13H14FN5O4. The number of aliphatic hydroxyl groups excluding tert-OH is 3. The Morgan fingerprint density at radius 3 is 2.78 bits per heavy atom.